The molecule has 1 atom stereocenters. The standard InChI is InChI=1S/C20H31N3O2.ClH/c1-20(2,3)17-8-6-16(7-9-17)19(25)22-12-10-18(24)23-14-15-5-4-11-21-13-15;/h6-9,15,21H,4-5,10-14H2,1-3H3,(H,22,25)(H,23,24);1H. The molecule has 0 spiro atoms. The Morgan fingerprint density at radius 1 is 1.15 bits per heavy atom. The van der Waals surface area contributed by atoms with Crippen molar-refractivity contribution in [1.82, 2.24) is 16.0 Å². The summed E-state index contributed by atoms with van der Waals surface area (Å²) in [4.78, 5) is 24.0. The normalized spacial score (nSPS) is 17.1. The first-order chi connectivity index (χ1) is 11.9. The third kappa shape index (κ3) is 7.34. The molecule has 1 aromatic rings. The monoisotopic (exact) mass is 381 g/mol. The Morgan fingerprint density at radius 2 is 1.85 bits per heavy atom. The molecular weight excluding hydrogens is 350 g/mol. The molecule has 1 aliphatic heterocycles. The van der Waals surface area contributed by atoms with Crippen LogP contribution >= 0.6 is 12.4 Å². The van der Waals surface area contributed by atoms with Gasteiger partial charge in [-0.25, -0.2) is 0 Å². The molecule has 1 saturated heterocycles. The summed E-state index contributed by atoms with van der Waals surface area (Å²) in [5, 5.41) is 9.11. The van der Waals surface area contributed by atoms with Gasteiger partial charge in [-0.3, -0.25) is 9.59 Å². The third-order valence-corrected chi connectivity index (χ3v) is 4.64. The topological polar surface area (TPSA) is 70.2 Å². The molecule has 0 saturated carbocycles. The van der Waals surface area contributed by atoms with Crippen LogP contribution in [0.4, 0.5) is 0 Å². The van der Waals surface area contributed by atoms with Gasteiger partial charge in [0.05, 0.1) is 0 Å². The Labute approximate surface area is 163 Å². The van der Waals surface area contributed by atoms with Crippen LogP contribution in [0.1, 0.15) is 56.0 Å². The summed E-state index contributed by atoms with van der Waals surface area (Å²) in [6, 6.07) is 7.65. The molecular formula is C20H32ClN3O2. The number of hydrogen-bond donors (Lipinski definition) is 3. The molecule has 3 N–H and O–H groups in total. The van der Waals surface area contributed by atoms with Crippen LogP contribution in [-0.2, 0) is 10.2 Å². The minimum absolute atomic E-state index is 0. The molecule has 1 fully saturated rings. The van der Waals surface area contributed by atoms with Crippen LogP contribution in [0.2, 0.25) is 0 Å². The molecule has 0 radical (unpaired) electrons. The van der Waals surface area contributed by atoms with Crippen LogP contribution in [0.5, 0.6) is 0 Å². The first-order valence-corrected chi connectivity index (χ1v) is 9.22. The smallest absolute Gasteiger partial charge is 0.251 e. The Kier molecular flexibility index (Phi) is 9.09. The zero-order valence-corrected chi connectivity index (χ0v) is 16.9. The van der Waals surface area contributed by atoms with Crippen molar-refractivity contribution < 1.29 is 9.59 Å². The van der Waals surface area contributed by atoms with Crippen molar-refractivity contribution in [3.63, 3.8) is 0 Å². The van der Waals surface area contributed by atoms with Crippen LogP contribution in [0.3, 0.4) is 0 Å². The number of carbonyl (C=O) groups excluding carboxylic acids is 2. The predicted molar refractivity (Wildman–Crippen MR) is 108 cm³/mol. The minimum atomic E-state index is -0.135. The zero-order chi connectivity index (χ0) is 18.3. The molecule has 0 aromatic heterocycles. The number of piperidine rings is 1. The van der Waals surface area contributed by atoms with Crippen molar-refractivity contribution in [2.24, 2.45) is 5.92 Å². The number of rotatable bonds is 6. The van der Waals surface area contributed by atoms with Gasteiger partial charge < -0.3 is 16.0 Å². The van der Waals surface area contributed by atoms with Crippen molar-refractivity contribution in [2.45, 2.75) is 45.4 Å². The van der Waals surface area contributed by atoms with E-state index in [1.54, 1.807) is 0 Å². The van der Waals surface area contributed by atoms with E-state index >= 15 is 0 Å². The lowest BCUT2D eigenvalue weighted by molar-refractivity contribution is -0.121. The van der Waals surface area contributed by atoms with E-state index in [1.165, 1.54) is 12.0 Å². The SMILES string of the molecule is CC(C)(C)c1ccc(C(=O)NCCC(=O)NCC2CCCNC2)cc1.Cl. The number of nitrogens with one attached hydrogen (secondary N) is 3. The molecule has 26 heavy (non-hydrogen) atoms. The lowest BCUT2D eigenvalue weighted by Gasteiger charge is -2.22. The third-order valence-electron chi connectivity index (χ3n) is 4.64. The fraction of sp³-hybridized carbons (Fsp3) is 0.600. The second-order valence-corrected chi connectivity index (χ2v) is 7.85. The van der Waals surface area contributed by atoms with Crippen LogP contribution < -0.4 is 16.0 Å². The van der Waals surface area contributed by atoms with E-state index < -0.39 is 0 Å². The molecule has 2 rings (SSSR count). The number of benzene rings is 1. The van der Waals surface area contributed by atoms with Crippen LogP contribution in [0.15, 0.2) is 24.3 Å². The summed E-state index contributed by atoms with van der Waals surface area (Å²) in [6.45, 7) is 9.55. The molecule has 1 aliphatic rings. The average molecular weight is 382 g/mol. The van der Waals surface area contributed by atoms with Gasteiger partial charge in [-0.05, 0) is 55.0 Å². The highest BCUT2D eigenvalue weighted by atomic mass is 35.5. The maximum absolute atomic E-state index is 12.1. The quantitative estimate of drug-likeness (QED) is 0.709. The molecule has 6 heteroatoms. The second kappa shape index (κ2) is 10.5. The van der Waals surface area contributed by atoms with Crippen molar-refractivity contribution in [1.29, 1.82) is 0 Å². The Hall–Kier alpha value is -1.59. The Bertz CT molecular complexity index is 576. The lowest BCUT2D eigenvalue weighted by atomic mass is 9.87. The van der Waals surface area contributed by atoms with Crippen LogP contribution in [0.25, 0.3) is 0 Å². The van der Waals surface area contributed by atoms with Crippen molar-refractivity contribution in [2.75, 3.05) is 26.2 Å². The van der Waals surface area contributed by atoms with Gasteiger partial charge in [0.1, 0.15) is 0 Å². The highest BCUT2D eigenvalue weighted by Crippen LogP contribution is 2.22. The van der Waals surface area contributed by atoms with Crippen molar-refractivity contribution in [3.05, 3.63) is 35.4 Å². The molecule has 1 heterocycles. The van der Waals surface area contributed by atoms with Gasteiger partial charge in [-0.2, -0.15) is 0 Å². The van der Waals surface area contributed by atoms with Gasteiger partial charge in [-0.15, -0.1) is 12.4 Å². The minimum Gasteiger partial charge on any atom is -0.356 e. The largest absolute Gasteiger partial charge is 0.356 e. The van der Waals surface area contributed by atoms with Crippen molar-refractivity contribution in [3.8, 4) is 0 Å². The van der Waals surface area contributed by atoms with Gasteiger partial charge in [0.15, 0.2) is 0 Å². The molecule has 146 valence electrons. The molecule has 0 aliphatic carbocycles. The van der Waals surface area contributed by atoms with Gasteiger partial charge in [0.2, 0.25) is 5.91 Å². The Balaban J connectivity index is 0.00000338. The first-order valence-electron chi connectivity index (χ1n) is 9.22. The van der Waals surface area contributed by atoms with Gasteiger partial charge in [-0.1, -0.05) is 32.9 Å². The zero-order valence-electron chi connectivity index (χ0n) is 16.1. The molecule has 1 aromatic carbocycles. The summed E-state index contributed by atoms with van der Waals surface area (Å²) in [6.07, 6.45) is 2.64. The lowest BCUT2D eigenvalue weighted by Crippen LogP contribution is -2.39. The van der Waals surface area contributed by atoms with Crippen LogP contribution in [0, 0.1) is 5.92 Å². The first kappa shape index (κ1) is 22.5. The predicted octanol–water partition coefficient (Wildman–Crippen LogP) is 2.64. The van der Waals surface area contributed by atoms with Crippen molar-refractivity contribution >= 4 is 24.2 Å². The molecule has 5 nitrogen and oxygen atoms in total. The van der Waals surface area contributed by atoms with E-state index in [9.17, 15) is 9.59 Å². The van der Waals surface area contributed by atoms with E-state index in [1.807, 2.05) is 24.3 Å². The van der Waals surface area contributed by atoms with E-state index in [4.69, 9.17) is 0 Å². The van der Waals surface area contributed by atoms with E-state index in [-0.39, 0.29) is 29.6 Å². The maximum Gasteiger partial charge on any atom is 0.251 e. The van der Waals surface area contributed by atoms with E-state index in [2.05, 4.69) is 36.7 Å². The van der Waals surface area contributed by atoms with Crippen LogP contribution in [-0.4, -0.2) is 38.0 Å². The average Bonchev–Trinajstić information content (AvgIpc) is 2.60. The number of halogens is 1. The Morgan fingerprint density at radius 3 is 2.42 bits per heavy atom. The maximum atomic E-state index is 12.1. The molecule has 2 amide bonds. The second-order valence-electron chi connectivity index (χ2n) is 7.85. The van der Waals surface area contributed by atoms with Gasteiger partial charge in [0, 0.05) is 25.1 Å². The van der Waals surface area contributed by atoms with Gasteiger partial charge in [0.25, 0.3) is 5.91 Å². The molecule has 1 unspecified atom stereocenters. The summed E-state index contributed by atoms with van der Waals surface area (Å²) in [7, 11) is 0. The van der Waals surface area contributed by atoms with Gasteiger partial charge >= 0.3 is 0 Å². The summed E-state index contributed by atoms with van der Waals surface area (Å²) in [5.74, 6) is 0.382. The summed E-state index contributed by atoms with van der Waals surface area (Å²) >= 11 is 0. The highest BCUT2D eigenvalue weighted by molar-refractivity contribution is 5.94. The number of hydrogen-bond acceptors (Lipinski definition) is 3. The van der Waals surface area contributed by atoms with E-state index in [0.29, 0.717) is 31.0 Å². The molecule has 0 bridgehead atoms. The fourth-order valence-electron chi connectivity index (χ4n) is 2.96. The number of carbonyl (C=O) groups is 2. The highest BCUT2D eigenvalue weighted by Gasteiger charge is 2.15. The number of amides is 2. The van der Waals surface area contributed by atoms with E-state index in [0.717, 1.165) is 19.5 Å². The summed E-state index contributed by atoms with van der Waals surface area (Å²) in [5.41, 5.74) is 1.89. The fourth-order valence-corrected chi connectivity index (χ4v) is 2.96. The summed E-state index contributed by atoms with van der Waals surface area (Å²) < 4.78 is 0.